The maximum absolute atomic E-state index is 4.46. The van der Waals surface area contributed by atoms with Gasteiger partial charge in [0.15, 0.2) is 5.17 Å². The molecule has 1 aromatic rings. The number of para-hydroxylation sites is 1. The zero-order chi connectivity index (χ0) is 15.2. The van der Waals surface area contributed by atoms with E-state index in [0.29, 0.717) is 11.8 Å². The maximum Gasteiger partial charge on any atom is 0.190 e. The second-order valence-electron chi connectivity index (χ2n) is 5.96. The molecule has 2 rings (SSSR count). The quantitative estimate of drug-likeness (QED) is 0.593. The van der Waals surface area contributed by atoms with Crippen LogP contribution in [0.15, 0.2) is 34.5 Å². The van der Waals surface area contributed by atoms with E-state index in [-0.39, 0.29) is 0 Å². The van der Waals surface area contributed by atoms with Gasteiger partial charge in [0.1, 0.15) is 0 Å². The van der Waals surface area contributed by atoms with E-state index in [0.717, 1.165) is 17.5 Å². The summed E-state index contributed by atoms with van der Waals surface area (Å²) in [5.41, 5.74) is 2.65. The van der Waals surface area contributed by atoms with Crippen molar-refractivity contribution in [2.24, 2.45) is 16.1 Å². The smallest absolute Gasteiger partial charge is 0.190 e. The van der Waals surface area contributed by atoms with Gasteiger partial charge in [0.25, 0.3) is 0 Å². The number of rotatable bonds is 4. The molecule has 114 valence electrons. The third-order valence-corrected chi connectivity index (χ3v) is 4.40. The van der Waals surface area contributed by atoms with E-state index in [4.69, 9.17) is 0 Å². The minimum atomic E-state index is 0.430. The molecule has 0 N–H and O–H groups in total. The topological polar surface area (TPSA) is 28.0 Å². The number of benzene rings is 1. The Kier molecular flexibility index (Phi) is 5.85. The van der Waals surface area contributed by atoms with Crippen LogP contribution in [0.3, 0.4) is 0 Å². The van der Waals surface area contributed by atoms with Crippen molar-refractivity contribution < 1.29 is 0 Å². The Morgan fingerprint density at radius 2 is 1.95 bits per heavy atom. The molecule has 0 atom stereocenters. The van der Waals surface area contributed by atoms with Gasteiger partial charge in [-0.2, -0.15) is 5.10 Å². The van der Waals surface area contributed by atoms with E-state index in [2.05, 4.69) is 67.1 Å². The number of anilines is 1. The monoisotopic (exact) mass is 303 g/mol. The number of hydrogen-bond donors (Lipinski definition) is 0. The fourth-order valence-electron chi connectivity index (χ4n) is 2.30. The molecule has 0 radical (unpaired) electrons. The Morgan fingerprint density at radius 1 is 1.19 bits per heavy atom. The zero-order valence-electron chi connectivity index (χ0n) is 13.4. The fourth-order valence-corrected chi connectivity index (χ4v) is 3.21. The highest BCUT2D eigenvalue weighted by Gasteiger charge is 2.21. The van der Waals surface area contributed by atoms with E-state index >= 15 is 0 Å². The Labute approximate surface area is 132 Å². The van der Waals surface area contributed by atoms with E-state index in [9.17, 15) is 0 Å². The first-order chi connectivity index (χ1) is 10.1. The van der Waals surface area contributed by atoms with Crippen molar-refractivity contribution in [1.82, 2.24) is 0 Å². The molecular formula is C17H25N3S. The predicted octanol–water partition coefficient (Wildman–Crippen LogP) is 4.75. The molecule has 4 heteroatoms. The summed E-state index contributed by atoms with van der Waals surface area (Å²) in [5.74, 6) is 2.06. The Balaban J connectivity index is 2.31. The van der Waals surface area contributed by atoms with Crippen LogP contribution in [0.2, 0.25) is 0 Å². The summed E-state index contributed by atoms with van der Waals surface area (Å²) in [6.45, 7) is 9.73. The summed E-state index contributed by atoms with van der Waals surface area (Å²) in [4.78, 5) is 2.32. The van der Waals surface area contributed by atoms with Crippen LogP contribution < -0.4 is 4.90 Å². The summed E-state index contributed by atoms with van der Waals surface area (Å²) < 4.78 is 0. The number of amidine groups is 1. The molecule has 1 fully saturated rings. The Bertz CT molecular complexity index is 521. The largest absolute Gasteiger partial charge is 0.319 e. The third kappa shape index (κ3) is 4.34. The number of nitrogens with zero attached hydrogens (tertiary/aromatic N) is 3. The average Bonchev–Trinajstić information content (AvgIpc) is 2.47. The molecule has 3 nitrogen and oxygen atoms in total. The fraction of sp³-hybridized carbons (Fsp3) is 0.529. The maximum atomic E-state index is 4.46. The standard InChI is InChI=1S/C17H25N3S/c1-13(2)12-18-19-17-20(10-7-11-21-17)16-9-6-5-8-15(16)14(3)4/h5-6,8-9,12-14H,7,10-11H2,1-4H3/b18-12+,19-17-. The van der Waals surface area contributed by atoms with Gasteiger partial charge < -0.3 is 4.90 Å². The minimum absolute atomic E-state index is 0.430. The second kappa shape index (κ2) is 7.64. The van der Waals surface area contributed by atoms with E-state index in [1.54, 1.807) is 11.8 Å². The SMILES string of the molecule is CC(C)/C=N/N=C1\SCCCN1c1ccccc1C(C)C. The van der Waals surface area contributed by atoms with Gasteiger partial charge in [-0.25, -0.2) is 0 Å². The summed E-state index contributed by atoms with van der Waals surface area (Å²) >= 11 is 1.80. The van der Waals surface area contributed by atoms with Crippen LogP contribution in [-0.4, -0.2) is 23.7 Å². The third-order valence-electron chi connectivity index (χ3n) is 3.35. The lowest BCUT2D eigenvalue weighted by Gasteiger charge is -2.31. The van der Waals surface area contributed by atoms with Crippen molar-refractivity contribution in [1.29, 1.82) is 0 Å². The van der Waals surface area contributed by atoms with Crippen LogP contribution in [0.5, 0.6) is 0 Å². The van der Waals surface area contributed by atoms with Gasteiger partial charge in [0.05, 0.1) is 0 Å². The average molecular weight is 303 g/mol. The molecule has 0 bridgehead atoms. The van der Waals surface area contributed by atoms with Gasteiger partial charge >= 0.3 is 0 Å². The highest BCUT2D eigenvalue weighted by Crippen LogP contribution is 2.31. The van der Waals surface area contributed by atoms with Crippen molar-refractivity contribution in [3.8, 4) is 0 Å². The summed E-state index contributed by atoms with van der Waals surface area (Å²) in [7, 11) is 0. The summed E-state index contributed by atoms with van der Waals surface area (Å²) in [6.07, 6.45) is 3.08. The summed E-state index contributed by atoms with van der Waals surface area (Å²) in [5, 5.41) is 9.72. The Hall–Kier alpha value is -1.29. The summed E-state index contributed by atoms with van der Waals surface area (Å²) in [6, 6.07) is 8.64. The van der Waals surface area contributed by atoms with Crippen LogP contribution >= 0.6 is 11.8 Å². The molecule has 1 aromatic carbocycles. The van der Waals surface area contributed by atoms with Crippen molar-refractivity contribution in [3.05, 3.63) is 29.8 Å². The van der Waals surface area contributed by atoms with E-state index < -0.39 is 0 Å². The van der Waals surface area contributed by atoms with E-state index in [1.807, 2.05) is 6.21 Å². The minimum Gasteiger partial charge on any atom is -0.319 e. The van der Waals surface area contributed by atoms with Crippen LogP contribution in [0, 0.1) is 5.92 Å². The van der Waals surface area contributed by atoms with Gasteiger partial charge in [-0.05, 0) is 29.9 Å². The normalized spacial score (nSPS) is 18.4. The second-order valence-corrected chi connectivity index (χ2v) is 7.02. The van der Waals surface area contributed by atoms with Crippen molar-refractivity contribution in [3.63, 3.8) is 0 Å². The number of thioether (sulfide) groups is 1. The molecule has 0 aromatic heterocycles. The van der Waals surface area contributed by atoms with Crippen LogP contribution in [0.4, 0.5) is 5.69 Å². The highest BCUT2D eigenvalue weighted by atomic mass is 32.2. The van der Waals surface area contributed by atoms with Gasteiger partial charge in [0.2, 0.25) is 0 Å². The first-order valence-electron chi connectivity index (χ1n) is 7.70. The van der Waals surface area contributed by atoms with Gasteiger partial charge in [-0.15, -0.1) is 5.10 Å². The molecule has 0 aliphatic carbocycles. The first kappa shape index (κ1) is 16.1. The predicted molar refractivity (Wildman–Crippen MR) is 95.7 cm³/mol. The van der Waals surface area contributed by atoms with Crippen molar-refractivity contribution in [2.45, 2.75) is 40.0 Å². The Morgan fingerprint density at radius 3 is 2.67 bits per heavy atom. The van der Waals surface area contributed by atoms with Crippen LogP contribution in [0.25, 0.3) is 0 Å². The molecule has 0 amide bonds. The van der Waals surface area contributed by atoms with Crippen molar-refractivity contribution in [2.75, 3.05) is 17.2 Å². The van der Waals surface area contributed by atoms with Gasteiger partial charge in [-0.1, -0.05) is 57.7 Å². The first-order valence-corrected chi connectivity index (χ1v) is 8.68. The molecular weight excluding hydrogens is 278 g/mol. The highest BCUT2D eigenvalue weighted by molar-refractivity contribution is 8.14. The molecule has 0 spiro atoms. The van der Waals surface area contributed by atoms with Crippen LogP contribution in [0.1, 0.15) is 45.6 Å². The molecule has 1 aliphatic heterocycles. The zero-order valence-corrected chi connectivity index (χ0v) is 14.2. The number of hydrogen-bond acceptors (Lipinski definition) is 3. The van der Waals surface area contributed by atoms with Gasteiger partial charge in [-0.3, -0.25) is 0 Å². The van der Waals surface area contributed by atoms with Crippen LogP contribution in [-0.2, 0) is 0 Å². The van der Waals surface area contributed by atoms with Gasteiger partial charge in [0, 0.05) is 24.2 Å². The van der Waals surface area contributed by atoms with E-state index in [1.165, 1.54) is 17.7 Å². The lowest BCUT2D eigenvalue weighted by atomic mass is 10.0. The molecule has 1 aliphatic rings. The molecule has 21 heavy (non-hydrogen) atoms. The molecule has 1 saturated heterocycles. The lowest BCUT2D eigenvalue weighted by molar-refractivity contribution is 0.841. The molecule has 0 unspecified atom stereocenters. The molecule has 1 heterocycles. The van der Waals surface area contributed by atoms with Crippen molar-refractivity contribution >= 4 is 28.8 Å². The molecule has 0 saturated carbocycles. The lowest BCUT2D eigenvalue weighted by Crippen LogP contribution is -2.34.